The topological polar surface area (TPSA) is 88.8 Å². The van der Waals surface area contributed by atoms with E-state index in [-0.39, 0.29) is 11.8 Å². The van der Waals surface area contributed by atoms with Gasteiger partial charge in [-0.3, -0.25) is 4.79 Å². The molecule has 132 valence electrons. The van der Waals surface area contributed by atoms with Crippen molar-refractivity contribution in [1.29, 1.82) is 0 Å². The maximum absolute atomic E-state index is 12.5. The third-order valence-corrected chi connectivity index (χ3v) is 4.73. The first-order chi connectivity index (χ1) is 12.6. The van der Waals surface area contributed by atoms with E-state index < -0.39 is 0 Å². The van der Waals surface area contributed by atoms with Crippen LogP contribution in [-0.2, 0) is 4.79 Å². The van der Waals surface area contributed by atoms with Crippen LogP contribution in [0, 0.1) is 19.8 Å². The molecule has 1 aliphatic heterocycles. The van der Waals surface area contributed by atoms with Gasteiger partial charge in [-0.1, -0.05) is 12.1 Å². The number of benzene rings is 1. The number of hydrogen-bond donors (Lipinski definition) is 1. The Morgan fingerprint density at radius 1 is 1.15 bits per heavy atom. The van der Waals surface area contributed by atoms with E-state index in [4.69, 9.17) is 0 Å². The van der Waals surface area contributed by atoms with Crippen LogP contribution in [0.15, 0.2) is 43.2 Å². The van der Waals surface area contributed by atoms with Gasteiger partial charge in [0.1, 0.15) is 24.8 Å². The van der Waals surface area contributed by atoms with Crippen LogP contribution in [-0.4, -0.2) is 43.7 Å². The molecular weight excluding hydrogens is 330 g/mol. The molecule has 8 nitrogen and oxygen atoms in total. The SMILES string of the molecule is Cc1cccc(NC(=O)C2CN(c3cc(-n4cncn4)ncn3)C2)c1C. The fourth-order valence-corrected chi connectivity index (χ4v) is 2.91. The van der Waals surface area contributed by atoms with E-state index in [1.165, 1.54) is 18.2 Å². The van der Waals surface area contributed by atoms with E-state index in [9.17, 15) is 4.79 Å². The van der Waals surface area contributed by atoms with Gasteiger partial charge in [-0.15, -0.1) is 0 Å². The van der Waals surface area contributed by atoms with Crippen LogP contribution in [0.3, 0.4) is 0 Å². The Morgan fingerprint density at radius 3 is 2.73 bits per heavy atom. The highest BCUT2D eigenvalue weighted by Gasteiger charge is 2.34. The van der Waals surface area contributed by atoms with Crippen molar-refractivity contribution in [3.8, 4) is 5.82 Å². The van der Waals surface area contributed by atoms with Crippen LogP contribution in [0.25, 0.3) is 5.82 Å². The average molecular weight is 349 g/mol. The molecule has 8 heteroatoms. The predicted octanol–water partition coefficient (Wildman–Crippen LogP) is 1.75. The third kappa shape index (κ3) is 3.01. The Kier molecular flexibility index (Phi) is 4.08. The molecule has 26 heavy (non-hydrogen) atoms. The first-order valence-electron chi connectivity index (χ1n) is 8.41. The second-order valence-corrected chi connectivity index (χ2v) is 6.41. The summed E-state index contributed by atoms with van der Waals surface area (Å²) in [4.78, 5) is 27.0. The Hall–Kier alpha value is -3.29. The van der Waals surface area contributed by atoms with E-state index in [2.05, 4.69) is 30.3 Å². The average Bonchev–Trinajstić information content (AvgIpc) is 3.13. The standard InChI is InChI=1S/C18H19N7O/c1-12-4-3-5-15(13(12)2)23-18(26)14-7-24(8-14)16-6-17(21-10-20-16)25-11-19-9-22-25/h3-6,9-11,14H,7-8H2,1-2H3,(H,23,26). The van der Waals surface area contributed by atoms with Crippen molar-refractivity contribution < 1.29 is 4.79 Å². The number of carbonyl (C=O) groups is 1. The summed E-state index contributed by atoms with van der Waals surface area (Å²) in [5.41, 5.74) is 3.15. The van der Waals surface area contributed by atoms with Crippen LogP contribution in [0.5, 0.6) is 0 Å². The summed E-state index contributed by atoms with van der Waals surface area (Å²) in [7, 11) is 0. The van der Waals surface area contributed by atoms with Gasteiger partial charge in [-0.25, -0.2) is 19.6 Å². The highest BCUT2D eigenvalue weighted by Crippen LogP contribution is 2.25. The van der Waals surface area contributed by atoms with Gasteiger partial charge in [0.2, 0.25) is 5.91 Å². The minimum absolute atomic E-state index is 0.0421. The van der Waals surface area contributed by atoms with E-state index >= 15 is 0 Å². The molecular formula is C18H19N7O. The zero-order valence-electron chi connectivity index (χ0n) is 14.6. The van der Waals surface area contributed by atoms with Crippen molar-refractivity contribution in [3.05, 3.63) is 54.4 Å². The van der Waals surface area contributed by atoms with E-state index in [1.54, 1.807) is 11.0 Å². The van der Waals surface area contributed by atoms with Gasteiger partial charge in [0.15, 0.2) is 5.82 Å². The van der Waals surface area contributed by atoms with Crippen molar-refractivity contribution in [2.45, 2.75) is 13.8 Å². The minimum Gasteiger partial charge on any atom is -0.355 e. The number of amides is 1. The molecule has 1 aliphatic rings. The van der Waals surface area contributed by atoms with Crippen molar-refractivity contribution >= 4 is 17.4 Å². The van der Waals surface area contributed by atoms with Crippen molar-refractivity contribution in [2.75, 3.05) is 23.3 Å². The van der Waals surface area contributed by atoms with E-state index in [0.717, 1.165) is 17.1 Å². The Labute approximate surface area is 150 Å². The lowest BCUT2D eigenvalue weighted by Gasteiger charge is -2.39. The summed E-state index contributed by atoms with van der Waals surface area (Å²) in [6.07, 6.45) is 4.54. The lowest BCUT2D eigenvalue weighted by atomic mass is 9.98. The zero-order valence-corrected chi connectivity index (χ0v) is 14.6. The third-order valence-electron chi connectivity index (χ3n) is 4.73. The Balaban J connectivity index is 1.40. The van der Waals surface area contributed by atoms with Crippen LogP contribution in [0.1, 0.15) is 11.1 Å². The number of nitrogens with one attached hydrogen (secondary N) is 1. The maximum Gasteiger partial charge on any atom is 0.231 e. The van der Waals surface area contributed by atoms with Crippen molar-refractivity contribution in [2.24, 2.45) is 5.92 Å². The molecule has 4 rings (SSSR count). The van der Waals surface area contributed by atoms with Gasteiger partial charge in [-0.2, -0.15) is 5.10 Å². The fourth-order valence-electron chi connectivity index (χ4n) is 2.91. The summed E-state index contributed by atoms with van der Waals surface area (Å²) in [5, 5.41) is 7.11. The number of anilines is 2. The second-order valence-electron chi connectivity index (χ2n) is 6.41. The van der Waals surface area contributed by atoms with Crippen LogP contribution in [0.4, 0.5) is 11.5 Å². The number of aromatic nitrogens is 5. The molecule has 1 N–H and O–H groups in total. The van der Waals surface area contributed by atoms with Gasteiger partial charge < -0.3 is 10.2 Å². The Bertz CT molecular complexity index is 932. The van der Waals surface area contributed by atoms with E-state index in [0.29, 0.717) is 18.9 Å². The quantitative estimate of drug-likeness (QED) is 0.772. The van der Waals surface area contributed by atoms with Gasteiger partial charge in [0, 0.05) is 24.8 Å². The summed E-state index contributed by atoms with van der Waals surface area (Å²) in [6, 6.07) is 7.77. The number of aryl methyl sites for hydroxylation is 1. The molecule has 1 aromatic carbocycles. The van der Waals surface area contributed by atoms with Gasteiger partial charge in [0.05, 0.1) is 5.92 Å². The summed E-state index contributed by atoms with van der Waals surface area (Å²) in [6.45, 7) is 5.32. The first kappa shape index (κ1) is 16.2. The van der Waals surface area contributed by atoms with Crippen molar-refractivity contribution in [3.63, 3.8) is 0 Å². The largest absolute Gasteiger partial charge is 0.355 e. The van der Waals surface area contributed by atoms with Gasteiger partial charge in [0.25, 0.3) is 0 Å². The van der Waals surface area contributed by atoms with Gasteiger partial charge >= 0.3 is 0 Å². The van der Waals surface area contributed by atoms with Crippen LogP contribution < -0.4 is 10.2 Å². The molecule has 0 atom stereocenters. The minimum atomic E-state index is -0.0558. The molecule has 1 saturated heterocycles. The molecule has 0 unspecified atom stereocenters. The molecule has 0 saturated carbocycles. The number of rotatable bonds is 4. The van der Waals surface area contributed by atoms with E-state index in [1.807, 2.05) is 38.1 Å². The smallest absolute Gasteiger partial charge is 0.231 e. The molecule has 3 heterocycles. The van der Waals surface area contributed by atoms with Gasteiger partial charge in [-0.05, 0) is 31.0 Å². The zero-order chi connectivity index (χ0) is 18.1. The molecule has 1 fully saturated rings. The van der Waals surface area contributed by atoms with Crippen LogP contribution in [0.2, 0.25) is 0 Å². The molecule has 3 aromatic rings. The normalized spacial score (nSPS) is 14.2. The molecule has 0 spiro atoms. The highest BCUT2D eigenvalue weighted by molar-refractivity contribution is 5.95. The summed E-state index contributed by atoms with van der Waals surface area (Å²) in [5.74, 6) is 1.41. The molecule has 0 radical (unpaired) electrons. The summed E-state index contributed by atoms with van der Waals surface area (Å²) >= 11 is 0. The highest BCUT2D eigenvalue weighted by atomic mass is 16.2. The fraction of sp³-hybridized carbons (Fsp3) is 0.278. The molecule has 0 bridgehead atoms. The molecule has 1 amide bonds. The molecule has 0 aliphatic carbocycles. The second kappa shape index (κ2) is 6.55. The number of nitrogens with zero attached hydrogens (tertiary/aromatic N) is 6. The van der Waals surface area contributed by atoms with Crippen LogP contribution >= 0.6 is 0 Å². The maximum atomic E-state index is 12.5. The molecule has 2 aromatic heterocycles. The lowest BCUT2D eigenvalue weighted by Crippen LogP contribution is -2.52. The number of hydrogen-bond acceptors (Lipinski definition) is 6. The summed E-state index contributed by atoms with van der Waals surface area (Å²) < 4.78 is 1.58. The lowest BCUT2D eigenvalue weighted by molar-refractivity contribution is -0.120. The predicted molar refractivity (Wildman–Crippen MR) is 97.2 cm³/mol. The van der Waals surface area contributed by atoms with Crippen molar-refractivity contribution in [1.82, 2.24) is 24.7 Å². The monoisotopic (exact) mass is 349 g/mol. The Morgan fingerprint density at radius 2 is 1.96 bits per heavy atom. The first-order valence-corrected chi connectivity index (χ1v) is 8.41. The number of carbonyl (C=O) groups excluding carboxylic acids is 1.